The number of hydrogen-bond donors (Lipinski definition) is 1. The van der Waals surface area contributed by atoms with E-state index in [1.54, 1.807) is 0 Å². The third kappa shape index (κ3) is 2.18. The highest BCUT2D eigenvalue weighted by Crippen LogP contribution is 2.53. The van der Waals surface area contributed by atoms with Gasteiger partial charge in [-0.15, -0.1) is 0 Å². The van der Waals surface area contributed by atoms with Crippen LogP contribution in [0.3, 0.4) is 0 Å². The lowest BCUT2D eigenvalue weighted by Crippen LogP contribution is -2.53. The molecule has 2 aliphatic rings. The summed E-state index contributed by atoms with van der Waals surface area (Å²) in [5.74, 6) is 1.94. The van der Waals surface area contributed by atoms with Crippen LogP contribution in [0.2, 0.25) is 0 Å². The first-order valence-electron chi connectivity index (χ1n) is 7.56. The van der Waals surface area contributed by atoms with E-state index in [1.807, 2.05) is 0 Å². The van der Waals surface area contributed by atoms with E-state index < -0.39 is 11.0 Å². The Kier molecular flexibility index (Phi) is 3.74. The van der Waals surface area contributed by atoms with E-state index in [4.69, 9.17) is 0 Å². The van der Waals surface area contributed by atoms with Crippen molar-refractivity contribution in [1.82, 2.24) is 0 Å². The Morgan fingerprint density at radius 2 is 1.61 bits per heavy atom. The van der Waals surface area contributed by atoms with Crippen molar-refractivity contribution < 1.29 is 5.11 Å². The summed E-state index contributed by atoms with van der Waals surface area (Å²) in [6, 6.07) is 2.53. The molecule has 3 unspecified atom stereocenters. The molecule has 0 bridgehead atoms. The highest BCUT2D eigenvalue weighted by atomic mass is 16.3. The van der Waals surface area contributed by atoms with Crippen LogP contribution in [0.25, 0.3) is 0 Å². The third-order valence-corrected chi connectivity index (χ3v) is 5.88. The minimum atomic E-state index is -0.728. The normalized spacial score (nSPS) is 49.6. The van der Waals surface area contributed by atoms with E-state index in [-0.39, 0.29) is 0 Å². The Labute approximate surface area is 111 Å². The number of rotatable bonds is 1. The molecule has 0 aromatic rings. The molecule has 2 aliphatic carbocycles. The molecule has 2 heteroatoms. The molecule has 2 rings (SSSR count). The number of aliphatic hydroxyl groups is 1. The molecular formula is C16H27NO. The average molecular weight is 249 g/mol. The fraction of sp³-hybridized carbons (Fsp3) is 0.938. The Morgan fingerprint density at radius 1 is 1.00 bits per heavy atom. The second-order valence-corrected chi connectivity index (χ2v) is 7.11. The largest absolute Gasteiger partial charge is 0.388 e. The number of nitriles is 1. The quantitative estimate of drug-likeness (QED) is 0.766. The Morgan fingerprint density at radius 3 is 2.11 bits per heavy atom. The minimum absolute atomic E-state index is 0.464. The Hall–Kier alpha value is -0.550. The van der Waals surface area contributed by atoms with Crippen LogP contribution < -0.4 is 0 Å². The molecule has 1 N–H and O–H groups in total. The molecular weight excluding hydrogens is 222 g/mol. The van der Waals surface area contributed by atoms with Gasteiger partial charge in [0.2, 0.25) is 0 Å². The summed E-state index contributed by atoms with van der Waals surface area (Å²) in [5, 5.41) is 20.8. The molecule has 2 nitrogen and oxygen atoms in total. The molecule has 0 spiro atoms. The molecule has 0 aromatic heterocycles. The summed E-state index contributed by atoms with van der Waals surface area (Å²) in [6.45, 7) is 6.76. The molecule has 0 aromatic carbocycles. The van der Waals surface area contributed by atoms with Gasteiger partial charge in [-0.25, -0.2) is 0 Å². The zero-order valence-corrected chi connectivity index (χ0v) is 12.1. The maximum atomic E-state index is 11.1. The van der Waals surface area contributed by atoms with Crippen LogP contribution >= 0.6 is 0 Å². The molecule has 0 amide bonds. The second-order valence-electron chi connectivity index (χ2n) is 7.11. The van der Waals surface area contributed by atoms with E-state index in [0.717, 1.165) is 50.9 Å². The van der Waals surface area contributed by atoms with Crippen LogP contribution in [0.15, 0.2) is 0 Å². The van der Waals surface area contributed by atoms with Crippen molar-refractivity contribution >= 4 is 0 Å². The van der Waals surface area contributed by atoms with Crippen LogP contribution in [0, 0.1) is 34.5 Å². The van der Waals surface area contributed by atoms with Crippen molar-refractivity contribution in [1.29, 1.82) is 5.26 Å². The first kappa shape index (κ1) is 13.9. The summed E-state index contributed by atoms with van der Waals surface area (Å²) in [5.41, 5.74) is -1.19. The molecule has 2 saturated carbocycles. The maximum absolute atomic E-state index is 11.1. The van der Waals surface area contributed by atoms with Gasteiger partial charge in [-0.2, -0.15) is 5.26 Å². The number of nitrogens with zero attached hydrogens (tertiary/aromatic N) is 1. The first-order chi connectivity index (χ1) is 8.42. The van der Waals surface area contributed by atoms with Crippen LogP contribution in [-0.4, -0.2) is 10.7 Å². The van der Waals surface area contributed by atoms with E-state index in [2.05, 4.69) is 26.8 Å². The molecule has 0 aliphatic heterocycles. The van der Waals surface area contributed by atoms with Crippen molar-refractivity contribution in [3.63, 3.8) is 0 Å². The van der Waals surface area contributed by atoms with Crippen molar-refractivity contribution in [2.24, 2.45) is 23.2 Å². The van der Waals surface area contributed by atoms with E-state index in [1.165, 1.54) is 0 Å². The second kappa shape index (κ2) is 4.85. The van der Waals surface area contributed by atoms with E-state index >= 15 is 0 Å². The summed E-state index contributed by atoms with van der Waals surface area (Å²) in [7, 11) is 0. The summed E-state index contributed by atoms with van der Waals surface area (Å²) >= 11 is 0. The smallest absolute Gasteiger partial charge is 0.0860 e. The van der Waals surface area contributed by atoms with Gasteiger partial charge in [0.05, 0.1) is 17.1 Å². The Bertz CT molecular complexity index is 337. The fourth-order valence-corrected chi connectivity index (χ4v) is 3.96. The molecule has 102 valence electrons. The van der Waals surface area contributed by atoms with Gasteiger partial charge in [-0.3, -0.25) is 0 Å². The van der Waals surface area contributed by atoms with Gasteiger partial charge < -0.3 is 5.11 Å². The van der Waals surface area contributed by atoms with Gasteiger partial charge >= 0.3 is 0 Å². The van der Waals surface area contributed by atoms with Gasteiger partial charge in [-0.1, -0.05) is 20.8 Å². The van der Waals surface area contributed by atoms with Gasteiger partial charge in [-0.05, 0) is 62.7 Å². The van der Waals surface area contributed by atoms with Crippen molar-refractivity contribution in [3.8, 4) is 6.07 Å². The highest BCUT2D eigenvalue weighted by molar-refractivity contribution is 5.14. The van der Waals surface area contributed by atoms with Crippen LogP contribution in [0.5, 0.6) is 0 Å². The molecule has 2 fully saturated rings. The maximum Gasteiger partial charge on any atom is 0.0860 e. The topological polar surface area (TPSA) is 44.0 Å². The SMILES string of the molecule is CC1CCC(C#N)(C2(O)CCC(C)C(C)C2)CC1. The third-order valence-electron chi connectivity index (χ3n) is 5.88. The predicted octanol–water partition coefficient (Wildman–Crippen LogP) is 3.89. The minimum Gasteiger partial charge on any atom is -0.388 e. The van der Waals surface area contributed by atoms with Gasteiger partial charge in [0.25, 0.3) is 0 Å². The monoisotopic (exact) mass is 249 g/mol. The van der Waals surface area contributed by atoms with Crippen molar-refractivity contribution in [2.45, 2.75) is 71.3 Å². The van der Waals surface area contributed by atoms with Crippen molar-refractivity contribution in [2.75, 3.05) is 0 Å². The van der Waals surface area contributed by atoms with E-state index in [9.17, 15) is 10.4 Å². The Balaban J connectivity index is 2.19. The predicted molar refractivity (Wildman–Crippen MR) is 72.8 cm³/mol. The zero-order chi connectivity index (χ0) is 13.4. The molecule has 3 atom stereocenters. The van der Waals surface area contributed by atoms with E-state index in [0.29, 0.717) is 11.8 Å². The fourth-order valence-electron chi connectivity index (χ4n) is 3.96. The summed E-state index contributed by atoms with van der Waals surface area (Å²) < 4.78 is 0. The molecule has 0 saturated heterocycles. The van der Waals surface area contributed by atoms with Crippen molar-refractivity contribution in [3.05, 3.63) is 0 Å². The zero-order valence-electron chi connectivity index (χ0n) is 12.1. The molecule has 0 heterocycles. The average Bonchev–Trinajstić information content (AvgIpc) is 2.35. The summed E-state index contributed by atoms with van der Waals surface area (Å²) in [6.07, 6.45) is 6.68. The molecule has 0 radical (unpaired) electrons. The van der Waals surface area contributed by atoms with Crippen LogP contribution in [-0.2, 0) is 0 Å². The highest BCUT2D eigenvalue weighted by Gasteiger charge is 2.53. The van der Waals surface area contributed by atoms with Crippen LogP contribution in [0.4, 0.5) is 0 Å². The molecule has 18 heavy (non-hydrogen) atoms. The number of hydrogen-bond acceptors (Lipinski definition) is 2. The lowest BCUT2D eigenvalue weighted by Gasteiger charge is -2.50. The lowest BCUT2D eigenvalue weighted by molar-refractivity contribution is -0.120. The van der Waals surface area contributed by atoms with Gasteiger partial charge in [0.1, 0.15) is 0 Å². The summed E-state index contributed by atoms with van der Waals surface area (Å²) in [4.78, 5) is 0. The van der Waals surface area contributed by atoms with Crippen LogP contribution in [0.1, 0.15) is 65.7 Å². The lowest BCUT2D eigenvalue weighted by atomic mass is 9.56. The van der Waals surface area contributed by atoms with Gasteiger partial charge in [0, 0.05) is 0 Å². The standard InChI is InChI=1S/C16H27NO/c1-12-4-7-15(11-17,8-5-12)16(18)9-6-13(2)14(3)10-16/h12-14,18H,4-10H2,1-3H3. The van der Waals surface area contributed by atoms with Gasteiger partial charge in [0.15, 0.2) is 0 Å². The first-order valence-corrected chi connectivity index (χ1v) is 7.56.